The number of pyridine rings is 1. The van der Waals surface area contributed by atoms with Crippen molar-refractivity contribution in [2.75, 3.05) is 30.3 Å². The molecule has 0 aliphatic heterocycles. The number of aromatic nitrogens is 3. The molecule has 0 aliphatic carbocycles. The van der Waals surface area contributed by atoms with Crippen molar-refractivity contribution >= 4 is 27.5 Å². The lowest BCUT2D eigenvalue weighted by molar-refractivity contribution is 0.337. The highest BCUT2D eigenvalue weighted by Crippen LogP contribution is 2.21. The van der Waals surface area contributed by atoms with Crippen molar-refractivity contribution < 1.29 is 13.2 Å². The van der Waals surface area contributed by atoms with E-state index in [1.165, 1.54) is 12.4 Å². The van der Waals surface area contributed by atoms with Crippen molar-refractivity contribution in [2.24, 2.45) is 0 Å². The summed E-state index contributed by atoms with van der Waals surface area (Å²) in [6.07, 6.45) is 3.14. The molecule has 0 saturated carbocycles. The average molecular weight is 443 g/mol. The van der Waals surface area contributed by atoms with E-state index in [9.17, 15) is 8.42 Å². The summed E-state index contributed by atoms with van der Waals surface area (Å²) in [6.45, 7) is 6.76. The molecule has 0 spiro atoms. The summed E-state index contributed by atoms with van der Waals surface area (Å²) in [6, 6.07) is 10.4. The van der Waals surface area contributed by atoms with Gasteiger partial charge in [0.25, 0.3) is 0 Å². The fourth-order valence-electron chi connectivity index (χ4n) is 2.82. The molecule has 31 heavy (non-hydrogen) atoms. The average Bonchev–Trinajstić information content (AvgIpc) is 2.73. The molecule has 0 atom stereocenters. The lowest BCUT2D eigenvalue weighted by atomic mass is 10.2. The molecule has 0 bridgehead atoms. The molecule has 3 aromatic rings. The number of anilines is 3. The van der Waals surface area contributed by atoms with Gasteiger partial charge in [0, 0.05) is 25.4 Å². The monoisotopic (exact) mass is 442 g/mol. The maximum absolute atomic E-state index is 12.5. The second-order valence-corrected chi connectivity index (χ2v) is 8.58. The third kappa shape index (κ3) is 6.37. The van der Waals surface area contributed by atoms with Crippen molar-refractivity contribution in [2.45, 2.75) is 25.7 Å². The Morgan fingerprint density at radius 1 is 0.935 bits per heavy atom. The summed E-state index contributed by atoms with van der Waals surface area (Å²) in [5.41, 5.74) is 1.85. The highest BCUT2D eigenvalue weighted by atomic mass is 32.2. The van der Waals surface area contributed by atoms with Gasteiger partial charge < -0.3 is 15.4 Å². The van der Waals surface area contributed by atoms with Gasteiger partial charge in [-0.25, -0.2) is 28.1 Å². The number of rotatable bonds is 10. The quantitative estimate of drug-likeness (QED) is 0.410. The molecule has 0 saturated heterocycles. The highest BCUT2D eigenvalue weighted by molar-refractivity contribution is 7.89. The number of sulfonamides is 1. The Kier molecular flexibility index (Phi) is 7.37. The molecule has 9 nitrogen and oxygen atoms in total. The second kappa shape index (κ2) is 10.2. The molecule has 2 aromatic heterocycles. The van der Waals surface area contributed by atoms with Crippen LogP contribution in [0.3, 0.4) is 0 Å². The Labute approximate surface area is 182 Å². The zero-order valence-electron chi connectivity index (χ0n) is 17.7. The van der Waals surface area contributed by atoms with Crippen molar-refractivity contribution in [3.05, 3.63) is 60.0 Å². The van der Waals surface area contributed by atoms with Gasteiger partial charge in [0.15, 0.2) is 0 Å². The van der Waals surface area contributed by atoms with Gasteiger partial charge >= 0.3 is 0 Å². The highest BCUT2D eigenvalue weighted by Gasteiger charge is 2.15. The van der Waals surface area contributed by atoms with Crippen LogP contribution in [0.25, 0.3) is 0 Å². The van der Waals surface area contributed by atoms with E-state index < -0.39 is 10.0 Å². The van der Waals surface area contributed by atoms with Crippen molar-refractivity contribution in [1.29, 1.82) is 0 Å². The predicted octanol–water partition coefficient (Wildman–Crippen LogP) is 3.02. The minimum Gasteiger partial charge on any atom is -0.494 e. The first-order valence-electron chi connectivity index (χ1n) is 9.86. The largest absolute Gasteiger partial charge is 0.494 e. The molecular formula is C21H26N6O3S. The smallest absolute Gasteiger partial charge is 0.240 e. The summed E-state index contributed by atoms with van der Waals surface area (Å²) in [5, 5.41) is 6.20. The van der Waals surface area contributed by atoms with Gasteiger partial charge in [-0.3, -0.25) is 0 Å². The Morgan fingerprint density at radius 2 is 1.71 bits per heavy atom. The van der Waals surface area contributed by atoms with Gasteiger partial charge in [-0.1, -0.05) is 0 Å². The van der Waals surface area contributed by atoms with E-state index >= 15 is 0 Å². The number of aryl methyl sites for hydroxylation is 2. The van der Waals surface area contributed by atoms with E-state index in [0.717, 1.165) is 11.1 Å². The molecule has 0 unspecified atom stereocenters. The molecule has 1 aromatic carbocycles. The topological polar surface area (TPSA) is 118 Å². The van der Waals surface area contributed by atoms with Crippen molar-refractivity contribution in [3.8, 4) is 5.75 Å². The molecule has 3 N–H and O–H groups in total. The molecule has 0 amide bonds. The lowest BCUT2D eigenvalue weighted by Gasteiger charge is -2.11. The third-order valence-electron chi connectivity index (χ3n) is 4.32. The summed E-state index contributed by atoms with van der Waals surface area (Å²) in [4.78, 5) is 12.8. The zero-order valence-corrected chi connectivity index (χ0v) is 18.5. The summed E-state index contributed by atoms with van der Waals surface area (Å²) >= 11 is 0. The molecule has 3 rings (SSSR count). The minimum atomic E-state index is -3.62. The molecule has 0 fully saturated rings. The van der Waals surface area contributed by atoms with Crippen LogP contribution in [-0.4, -0.2) is 43.1 Å². The van der Waals surface area contributed by atoms with Crippen LogP contribution in [0, 0.1) is 13.8 Å². The van der Waals surface area contributed by atoms with Crippen LogP contribution in [0.2, 0.25) is 0 Å². The predicted molar refractivity (Wildman–Crippen MR) is 120 cm³/mol. The van der Waals surface area contributed by atoms with E-state index in [-0.39, 0.29) is 11.4 Å². The van der Waals surface area contributed by atoms with Gasteiger partial charge in [-0.15, -0.1) is 0 Å². The molecule has 2 heterocycles. The number of hydrogen-bond donors (Lipinski definition) is 3. The van der Waals surface area contributed by atoms with Crippen LogP contribution < -0.4 is 20.1 Å². The zero-order chi connectivity index (χ0) is 22.3. The van der Waals surface area contributed by atoms with Crippen LogP contribution in [0.15, 0.2) is 53.8 Å². The SMILES string of the molecule is CCOc1ccc(S(=O)(=O)NCCNc2cc(Nc3cc(C)ccn3)ncn2)cc1C. The van der Waals surface area contributed by atoms with E-state index in [0.29, 0.717) is 36.4 Å². The number of nitrogens with zero attached hydrogens (tertiary/aromatic N) is 3. The molecule has 10 heteroatoms. The van der Waals surface area contributed by atoms with Crippen molar-refractivity contribution in [1.82, 2.24) is 19.7 Å². The number of hydrogen-bond acceptors (Lipinski definition) is 8. The van der Waals surface area contributed by atoms with E-state index in [1.807, 2.05) is 32.9 Å². The van der Waals surface area contributed by atoms with Crippen LogP contribution in [0.4, 0.5) is 17.5 Å². The number of benzene rings is 1. The summed E-state index contributed by atoms with van der Waals surface area (Å²) in [5.74, 6) is 2.52. The lowest BCUT2D eigenvalue weighted by Crippen LogP contribution is -2.29. The summed E-state index contributed by atoms with van der Waals surface area (Å²) < 4.78 is 33.1. The molecule has 0 aliphatic rings. The van der Waals surface area contributed by atoms with E-state index in [4.69, 9.17) is 4.74 Å². The number of ether oxygens (including phenoxy) is 1. The minimum absolute atomic E-state index is 0.195. The van der Waals surface area contributed by atoms with Crippen molar-refractivity contribution in [3.63, 3.8) is 0 Å². The Hall–Kier alpha value is -3.24. The first-order chi connectivity index (χ1) is 14.9. The van der Waals surface area contributed by atoms with Gasteiger partial charge in [0.05, 0.1) is 11.5 Å². The third-order valence-corrected chi connectivity index (χ3v) is 5.78. The van der Waals surface area contributed by atoms with Crippen LogP contribution in [-0.2, 0) is 10.0 Å². The second-order valence-electron chi connectivity index (χ2n) is 6.82. The maximum atomic E-state index is 12.5. The Bertz CT molecular complexity index is 1140. The standard InChI is InChI=1S/C21H26N6O3S/c1-4-30-18-6-5-17(12-16(18)3)31(28,29)26-10-9-23-19-13-21(25-14-24-19)27-20-11-15(2)7-8-22-20/h5-8,11-14,26H,4,9-10H2,1-3H3,(H2,22,23,24,25,27). The Balaban J connectivity index is 1.54. The van der Waals surface area contributed by atoms with E-state index in [2.05, 4.69) is 30.3 Å². The van der Waals surface area contributed by atoms with Gasteiger partial charge in [0.1, 0.15) is 29.5 Å². The van der Waals surface area contributed by atoms with Gasteiger partial charge in [-0.2, -0.15) is 0 Å². The van der Waals surface area contributed by atoms with Gasteiger partial charge in [-0.05, 0) is 62.2 Å². The Morgan fingerprint density at radius 3 is 2.45 bits per heavy atom. The van der Waals surface area contributed by atoms with Crippen LogP contribution in [0.1, 0.15) is 18.1 Å². The van der Waals surface area contributed by atoms with Gasteiger partial charge in [0.2, 0.25) is 10.0 Å². The molecule has 164 valence electrons. The van der Waals surface area contributed by atoms with Crippen LogP contribution in [0.5, 0.6) is 5.75 Å². The van der Waals surface area contributed by atoms with Crippen LogP contribution >= 0.6 is 0 Å². The number of nitrogens with one attached hydrogen (secondary N) is 3. The first-order valence-corrected chi connectivity index (χ1v) is 11.3. The molecular weight excluding hydrogens is 416 g/mol. The van der Waals surface area contributed by atoms with E-state index in [1.54, 1.807) is 24.4 Å². The normalized spacial score (nSPS) is 11.2. The fraction of sp³-hybridized carbons (Fsp3) is 0.286. The first kappa shape index (κ1) is 22.4. The summed E-state index contributed by atoms with van der Waals surface area (Å²) in [7, 11) is -3.62. The molecule has 0 radical (unpaired) electrons. The maximum Gasteiger partial charge on any atom is 0.240 e. The fourth-order valence-corrected chi connectivity index (χ4v) is 3.94.